The zero-order valence-corrected chi connectivity index (χ0v) is 19.4. The van der Waals surface area contributed by atoms with Gasteiger partial charge in [-0.25, -0.2) is 9.37 Å². The van der Waals surface area contributed by atoms with Crippen LogP contribution in [0.25, 0.3) is 10.2 Å². The second-order valence-corrected chi connectivity index (χ2v) is 9.16. The third-order valence-corrected chi connectivity index (χ3v) is 6.93. The van der Waals surface area contributed by atoms with Crippen molar-refractivity contribution in [3.05, 3.63) is 77.6 Å². The minimum Gasteiger partial charge on any atom is -0.493 e. The summed E-state index contributed by atoms with van der Waals surface area (Å²) in [6, 6.07) is 15.9. The number of hydrogen-bond donors (Lipinski definition) is 1. The van der Waals surface area contributed by atoms with Crippen LogP contribution in [0.15, 0.2) is 65.0 Å². The number of ketones is 1. The number of hydrogen-bond acceptors (Lipinski definition) is 7. The number of ether oxygens (including phenoxy) is 2. The van der Waals surface area contributed by atoms with E-state index in [4.69, 9.17) is 9.47 Å². The van der Waals surface area contributed by atoms with E-state index in [0.717, 1.165) is 14.6 Å². The van der Waals surface area contributed by atoms with Crippen molar-refractivity contribution in [2.75, 3.05) is 25.3 Å². The number of carbonyl (C=O) groups excluding carboxylic acids is 2. The molecule has 168 valence electrons. The van der Waals surface area contributed by atoms with Gasteiger partial charge in [0.1, 0.15) is 5.82 Å². The van der Waals surface area contributed by atoms with Crippen LogP contribution in [-0.4, -0.2) is 36.6 Å². The minimum absolute atomic E-state index is 0.0953. The molecule has 4 aromatic rings. The van der Waals surface area contributed by atoms with E-state index >= 15 is 0 Å². The number of carbonyl (C=O) groups is 2. The van der Waals surface area contributed by atoms with Crippen LogP contribution in [0, 0.1) is 5.82 Å². The molecule has 3 aromatic carbocycles. The van der Waals surface area contributed by atoms with Gasteiger partial charge in [-0.3, -0.25) is 9.59 Å². The van der Waals surface area contributed by atoms with Crippen LogP contribution >= 0.6 is 23.1 Å². The molecule has 0 fully saturated rings. The lowest BCUT2D eigenvalue weighted by Gasteiger charge is -2.10. The highest BCUT2D eigenvalue weighted by Crippen LogP contribution is 2.32. The number of aromatic nitrogens is 1. The number of anilines is 1. The summed E-state index contributed by atoms with van der Waals surface area (Å²) in [7, 11) is 3.05. The molecule has 0 aliphatic carbocycles. The van der Waals surface area contributed by atoms with Gasteiger partial charge in [0.2, 0.25) is 0 Å². The zero-order chi connectivity index (χ0) is 23.4. The number of halogens is 1. The summed E-state index contributed by atoms with van der Waals surface area (Å²) in [5.74, 6) is 0.470. The van der Waals surface area contributed by atoms with Gasteiger partial charge in [-0.05, 0) is 60.7 Å². The zero-order valence-electron chi connectivity index (χ0n) is 17.8. The summed E-state index contributed by atoms with van der Waals surface area (Å²) < 4.78 is 25.1. The number of nitrogens with one attached hydrogen (secondary N) is 1. The van der Waals surface area contributed by atoms with E-state index in [1.54, 1.807) is 24.3 Å². The second kappa shape index (κ2) is 10.0. The van der Waals surface area contributed by atoms with E-state index in [1.165, 1.54) is 61.6 Å². The van der Waals surface area contributed by atoms with Crippen molar-refractivity contribution in [2.45, 2.75) is 4.34 Å². The highest BCUT2D eigenvalue weighted by molar-refractivity contribution is 8.01. The summed E-state index contributed by atoms with van der Waals surface area (Å²) in [4.78, 5) is 29.5. The fourth-order valence-corrected chi connectivity index (χ4v) is 5.07. The number of nitrogens with zero attached hydrogens (tertiary/aromatic N) is 1. The highest BCUT2D eigenvalue weighted by Gasteiger charge is 2.13. The van der Waals surface area contributed by atoms with Gasteiger partial charge in [-0.1, -0.05) is 11.8 Å². The van der Waals surface area contributed by atoms with Crippen LogP contribution in [-0.2, 0) is 0 Å². The molecule has 1 N–H and O–H groups in total. The number of fused-ring (bicyclic) bond motifs is 1. The molecule has 33 heavy (non-hydrogen) atoms. The maximum absolute atomic E-state index is 13.0. The van der Waals surface area contributed by atoms with Gasteiger partial charge in [0.15, 0.2) is 21.6 Å². The lowest BCUT2D eigenvalue weighted by atomic mass is 10.1. The van der Waals surface area contributed by atoms with Gasteiger partial charge < -0.3 is 14.8 Å². The predicted octanol–water partition coefficient (Wildman–Crippen LogP) is 5.68. The Labute approximate surface area is 197 Å². The Hall–Kier alpha value is -3.43. The topological polar surface area (TPSA) is 77.5 Å². The van der Waals surface area contributed by atoms with E-state index in [-0.39, 0.29) is 23.3 Å². The van der Waals surface area contributed by atoms with Gasteiger partial charge in [0.05, 0.1) is 30.2 Å². The molecule has 6 nitrogen and oxygen atoms in total. The fraction of sp³-hybridized carbons (Fsp3) is 0.125. The first-order valence-electron chi connectivity index (χ1n) is 9.82. The van der Waals surface area contributed by atoms with Crippen molar-refractivity contribution < 1.29 is 23.5 Å². The Kier molecular flexibility index (Phi) is 6.90. The Morgan fingerprint density at radius 1 is 0.970 bits per heavy atom. The molecular weight excluding hydrogens is 463 g/mol. The first-order chi connectivity index (χ1) is 16.0. The molecule has 0 aliphatic rings. The third-order valence-electron chi connectivity index (χ3n) is 4.77. The van der Waals surface area contributed by atoms with E-state index in [9.17, 15) is 14.0 Å². The smallest absolute Gasteiger partial charge is 0.255 e. The molecule has 0 saturated carbocycles. The van der Waals surface area contributed by atoms with Crippen molar-refractivity contribution in [2.24, 2.45) is 0 Å². The van der Waals surface area contributed by atoms with Crippen molar-refractivity contribution in [3.8, 4) is 11.5 Å². The van der Waals surface area contributed by atoms with E-state index in [1.807, 2.05) is 12.1 Å². The predicted molar refractivity (Wildman–Crippen MR) is 129 cm³/mol. The molecule has 0 aliphatic heterocycles. The lowest BCUT2D eigenvalue weighted by Crippen LogP contribution is -2.12. The number of thioether (sulfide) groups is 1. The fourth-order valence-electron chi connectivity index (χ4n) is 3.07. The van der Waals surface area contributed by atoms with Crippen LogP contribution < -0.4 is 14.8 Å². The van der Waals surface area contributed by atoms with Gasteiger partial charge in [0, 0.05) is 16.8 Å². The number of amides is 1. The first kappa shape index (κ1) is 22.8. The Morgan fingerprint density at radius 3 is 2.42 bits per heavy atom. The second-order valence-electron chi connectivity index (χ2n) is 6.90. The van der Waals surface area contributed by atoms with Crippen LogP contribution in [0.1, 0.15) is 20.7 Å². The number of benzene rings is 3. The average Bonchev–Trinajstić information content (AvgIpc) is 3.24. The summed E-state index contributed by atoms with van der Waals surface area (Å²) in [5.41, 5.74) is 2.31. The van der Waals surface area contributed by atoms with Crippen molar-refractivity contribution in [3.63, 3.8) is 0 Å². The first-order valence-corrected chi connectivity index (χ1v) is 11.6. The van der Waals surface area contributed by atoms with Gasteiger partial charge >= 0.3 is 0 Å². The average molecular weight is 483 g/mol. The van der Waals surface area contributed by atoms with Gasteiger partial charge in [-0.15, -0.1) is 11.3 Å². The quantitative estimate of drug-likeness (QED) is 0.257. The monoisotopic (exact) mass is 482 g/mol. The lowest BCUT2D eigenvalue weighted by molar-refractivity contribution is 0.101. The van der Waals surface area contributed by atoms with E-state index < -0.39 is 0 Å². The molecule has 0 unspecified atom stereocenters. The standard InChI is InChI=1S/C24H19FN2O4S2/c1-30-20-10-5-15(11-21(20)31-2)23(29)26-17-8-9-18-22(12-17)33-24(27-18)32-13-19(28)14-3-6-16(25)7-4-14/h3-12H,13H2,1-2H3,(H,26,29). The van der Waals surface area contributed by atoms with Crippen LogP contribution in [0.5, 0.6) is 11.5 Å². The summed E-state index contributed by atoms with van der Waals surface area (Å²) in [6.07, 6.45) is 0. The van der Waals surface area contributed by atoms with E-state index in [2.05, 4.69) is 10.3 Å². The Balaban J connectivity index is 1.44. The van der Waals surface area contributed by atoms with Gasteiger partial charge in [0.25, 0.3) is 5.91 Å². The molecular formula is C24H19FN2O4S2. The number of Topliss-reactive ketones (excluding diaryl/α,β-unsaturated/α-hetero) is 1. The SMILES string of the molecule is COc1ccc(C(=O)Nc2ccc3nc(SCC(=O)c4ccc(F)cc4)sc3c2)cc1OC. The van der Waals surface area contributed by atoms with Gasteiger partial charge in [-0.2, -0.15) is 0 Å². The molecule has 4 rings (SSSR count). The van der Waals surface area contributed by atoms with Crippen molar-refractivity contribution >= 4 is 50.7 Å². The molecule has 9 heteroatoms. The van der Waals surface area contributed by atoms with Crippen LogP contribution in [0.3, 0.4) is 0 Å². The highest BCUT2D eigenvalue weighted by atomic mass is 32.2. The molecule has 0 spiro atoms. The maximum Gasteiger partial charge on any atom is 0.255 e. The summed E-state index contributed by atoms with van der Waals surface area (Å²) >= 11 is 2.77. The Morgan fingerprint density at radius 2 is 1.70 bits per heavy atom. The third kappa shape index (κ3) is 5.32. The molecule has 1 amide bonds. The maximum atomic E-state index is 13.0. The molecule has 1 aromatic heterocycles. The minimum atomic E-state index is -0.376. The molecule has 0 radical (unpaired) electrons. The largest absolute Gasteiger partial charge is 0.493 e. The summed E-state index contributed by atoms with van der Waals surface area (Å²) in [5, 5.41) is 2.88. The molecule has 0 saturated heterocycles. The van der Waals surface area contributed by atoms with Crippen molar-refractivity contribution in [1.29, 1.82) is 0 Å². The van der Waals surface area contributed by atoms with Crippen LogP contribution in [0.2, 0.25) is 0 Å². The van der Waals surface area contributed by atoms with Crippen LogP contribution in [0.4, 0.5) is 10.1 Å². The molecule has 1 heterocycles. The summed E-state index contributed by atoms with van der Waals surface area (Å²) in [6.45, 7) is 0. The van der Waals surface area contributed by atoms with E-state index in [0.29, 0.717) is 28.3 Å². The molecule has 0 atom stereocenters. The normalized spacial score (nSPS) is 10.8. The number of methoxy groups -OCH3 is 2. The Bertz CT molecular complexity index is 1320. The number of rotatable bonds is 8. The molecule has 0 bridgehead atoms. The number of thiazole rings is 1. The van der Waals surface area contributed by atoms with Crippen molar-refractivity contribution in [1.82, 2.24) is 4.98 Å².